The Bertz CT molecular complexity index is 864. The summed E-state index contributed by atoms with van der Waals surface area (Å²) in [7, 11) is 0. The second-order valence-electron chi connectivity index (χ2n) is 7.91. The number of phenolic OH excluding ortho intramolecular Hbond substituents is 2. The van der Waals surface area contributed by atoms with Crippen LogP contribution >= 0.6 is 11.8 Å². The maximum Gasteiger partial charge on any atom is 0.409 e. The summed E-state index contributed by atoms with van der Waals surface area (Å²) in [5.74, 6) is -0.888. The number of hydrogen-bond donors (Lipinski definition) is 3. The molecule has 0 aliphatic carbocycles. The highest BCUT2D eigenvalue weighted by Crippen LogP contribution is 2.46. The molecule has 3 aliphatic heterocycles. The summed E-state index contributed by atoms with van der Waals surface area (Å²) in [6.07, 6.45) is 0.730. The van der Waals surface area contributed by atoms with Crippen LogP contribution in [0.4, 0.5) is 4.79 Å². The van der Waals surface area contributed by atoms with Crippen LogP contribution in [0.2, 0.25) is 0 Å². The molecule has 0 radical (unpaired) electrons. The third kappa shape index (κ3) is 3.93. The number of nitrogens with one attached hydrogen (secondary N) is 1. The maximum atomic E-state index is 12.4. The molecule has 1 unspecified atom stereocenters. The molecule has 4 rings (SSSR count). The maximum absolute atomic E-state index is 12.4. The van der Waals surface area contributed by atoms with Crippen LogP contribution < -0.4 is 5.32 Å². The van der Waals surface area contributed by atoms with E-state index >= 15 is 0 Å². The smallest absolute Gasteiger partial charge is 0.409 e. The van der Waals surface area contributed by atoms with Crippen LogP contribution in [-0.2, 0) is 9.53 Å². The van der Waals surface area contributed by atoms with Crippen LogP contribution in [0.1, 0.15) is 30.1 Å². The van der Waals surface area contributed by atoms with Crippen molar-refractivity contribution in [3.05, 3.63) is 23.8 Å². The van der Waals surface area contributed by atoms with Gasteiger partial charge in [-0.1, -0.05) is 0 Å². The Morgan fingerprint density at radius 3 is 2.83 bits per heavy atom. The number of thioether (sulfide) groups is 1. The minimum absolute atomic E-state index is 0.151. The van der Waals surface area contributed by atoms with Crippen molar-refractivity contribution < 1.29 is 29.3 Å². The van der Waals surface area contributed by atoms with E-state index in [1.54, 1.807) is 16.7 Å². The van der Waals surface area contributed by atoms with Crippen LogP contribution in [0, 0.1) is 0 Å². The van der Waals surface area contributed by atoms with Gasteiger partial charge in [0.15, 0.2) is 11.5 Å². The minimum atomic E-state index is -0.425. The van der Waals surface area contributed by atoms with Crippen LogP contribution in [0.25, 0.3) is 0 Å². The predicted molar refractivity (Wildman–Crippen MR) is 105 cm³/mol. The Hall–Kier alpha value is -2.62. The molecular weight excluding hydrogens is 398 g/mol. The van der Waals surface area contributed by atoms with Crippen LogP contribution in [0.5, 0.6) is 11.5 Å². The van der Waals surface area contributed by atoms with Crippen molar-refractivity contribution in [2.45, 2.75) is 35.9 Å². The second kappa shape index (κ2) is 7.33. The molecule has 1 aromatic rings. The molecule has 3 saturated heterocycles. The summed E-state index contributed by atoms with van der Waals surface area (Å²) in [6, 6.07) is 3.64. The number of benzene rings is 1. The van der Waals surface area contributed by atoms with Crippen LogP contribution in [0.3, 0.4) is 0 Å². The van der Waals surface area contributed by atoms with Gasteiger partial charge in [-0.2, -0.15) is 0 Å². The topological polar surface area (TPSA) is 119 Å². The van der Waals surface area contributed by atoms with Gasteiger partial charge in [0.2, 0.25) is 5.91 Å². The lowest BCUT2D eigenvalue weighted by Gasteiger charge is -2.32. The van der Waals surface area contributed by atoms with Crippen molar-refractivity contribution in [2.75, 3.05) is 26.2 Å². The quantitative estimate of drug-likeness (QED) is 0.492. The van der Waals surface area contributed by atoms with E-state index in [0.717, 1.165) is 0 Å². The average Bonchev–Trinajstić information content (AvgIpc) is 3.25. The molecule has 1 aromatic carbocycles. The van der Waals surface area contributed by atoms with E-state index < -0.39 is 6.09 Å². The number of likely N-dealkylation sites (tertiary alicyclic amines) is 1. The number of aromatic hydroxyl groups is 2. The molecule has 9 nitrogen and oxygen atoms in total. The first-order valence-corrected chi connectivity index (χ1v) is 10.3. The Labute approximate surface area is 172 Å². The molecule has 3 fully saturated rings. The lowest BCUT2D eigenvalue weighted by atomic mass is 10.1. The molecular formula is C19H23N3O6S. The summed E-state index contributed by atoms with van der Waals surface area (Å²) in [6.45, 7) is 3.63. The SMILES string of the molecule is C[C@]1(COC(=O)N2CCC(NC(=O)c3ccc(O)c(O)c3)C2)CN2C(=O)C[C@H]2S1. The van der Waals surface area contributed by atoms with Crippen molar-refractivity contribution in [2.24, 2.45) is 0 Å². The summed E-state index contributed by atoms with van der Waals surface area (Å²) in [5, 5.41) is 21.9. The molecule has 3 aliphatic rings. The summed E-state index contributed by atoms with van der Waals surface area (Å²) >= 11 is 1.67. The number of nitrogens with zero attached hydrogens (tertiary/aromatic N) is 2. The van der Waals surface area contributed by atoms with Gasteiger partial charge in [-0.15, -0.1) is 11.8 Å². The van der Waals surface area contributed by atoms with Gasteiger partial charge in [0, 0.05) is 31.2 Å². The Morgan fingerprint density at radius 2 is 2.14 bits per heavy atom. The van der Waals surface area contributed by atoms with E-state index in [2.05, 4.69) is 5.32 Å². The fourth-order valence-electron chi connectivity index (χ4n) is 3.81. The third-order valence-corrected chi connectivity index (χ3v) is 6.97. The van der Waals surface area contributed by atoms with E-state index in [1.807, 2.05) is 11.8 Å². The number of ether oxygens (including phenoxy) is 1. The van der Waals surface area contributed by atoms with Gasteiger partial charge >= 0.3 is 6.09 Å². The van der Waals surface area contributed by atoms with Gasteiger partial charge in [-0.05, 0) is 31.5 Å². The molecule has 156 valence electrons. The lowest BCUT2D eigenvalue weighted by Crippen LogP contribution is -2.48. The standard InChI is InChI=1S/C19H23N3O6S/c1-19(9-22-15(25)7-16(22)29-19)10-28-18(27)21-5-4-12(8-21)20-17(26)11-2-3-13(23)14(24)6-11/h2-3,6,12,16,23-24H,4-5,7-10H2,1H3,(H,20,26)/t12?,16-,19-/m1/s1. The number of hydrogen-bond acceptors (Lipinski definition) is 7. The molecule has 3 N–H and O–H groups in total. The zero-order chi connectivity index (χ0) is 20.8. The fraction of sp³-hybridized carbons (Fsp3) is 0.526. The van der Waals surface area contributed by atoms with E-state index in [1.165, 1.54) is 18.2 Å². The van der Waals surface area contributed by atoms with Gasteiger partial charge in [0.25, 0.3) is 5.91 Å². The first kappa shape index (κ1) is 19.7. The summed E-state index contributed by atoms with van der Waals surface area (Å²) in [5.41, 5.74) is 0.228. The Morgan fingerprint density at radius 1 is 1.34 bits per heavy atom. The molecule has 0 spiro atoms. The highest BCUT2D eigenvalue weighted by Gasteiger charge is 2.51. The van der Waals surface area contributed by atoms with Crippen molar-refractivity contribution in [3.8, 4) is 11.5 Å². The molecule has 0 bridgehead atoms. The number of β-lactam (4-membered cyclic amide) rings is 1. The molecule has 10 heteroatoms. The molecule has 3 amide bonds. The van der Waals surface area contributed by atoms with Crippen LogP contribution in [0.15, 0.2) is 18.2 Å². The second-order valence-corrected chi connectivity index (χ2v) is 9.68. The normalized spacial score (nSPS) is 28.1. The summed E-state index contributed by atoms with van der Waals surface area (Å²) in [4.78, 5) is 39.6. The number of fused-ring (bicyclic) bond motifs is 1. The lowest BCUT2D eigenvalue weighted by molar-refractivity contribution is -0.140. The molecule has 0 aromatic heterocycles. The largest absolute Gasteiger partial charge is 0.504 e. The van der Waals surface area contributed by atoms with Gasteiger partial charge in [0.1, 0.15) is 6.61 Å². The van der Waals surface area contributed by atoms with Gasteiger partial charge in [0.05, 0.1) is 16.5 Å². The fourth-order valence-corrected chi connectivity index (χ4v) is 5.35. The van der Waals surface area contributed by atoms with Crippen molar-refractivity contribution in [1.29, 1.82) is 0 Å². The minimum Gasteiger partial charge on any atom is -0.504 e. The third-order valence-electron chi connectivity index (χ3n) is 5.46. The van der Waals surface area contributed by atoms with E-state index in [4.69, 9.17) is 4.74 Å². The van der Waals surface area contributed by atoms with Crippen LogP contribution in [-0.4, -0.2) is 80.3 Å². The molecule has 3 heterocycles. The van der Waals surface area contributed by atoms with E-state index in [-0.39, 0.29) is 51.6 Å². The van der Waals surface area contributed by atoms with Crippen molar-refractivity contribution in [1.82, 2.24) is 15.1 Å². The number of carbonyl (C=O) groups is 3. The number of phenols is 2. The monoisotopic (exact) mass is 421 g/mol. The Balaban J connectivity index is 1.25. The van der Waals surface area contributed by atoms with Crippen molar-refractivity contribution >= 4 is 29.7 Å². The van der Waals surface area contributed by atoms with E-state index in [9.17, 15) is 24.6 Å². The predicted octanol–water partition coefficient (Wildman–Crippen LogP) is 1.10. The molecule has 29 heavy (non-hydrogen) atoms. The Kier molecular flexibility index (Phi) is 4.97. The highest BCUT2D eigenvalue weighted by atomic mass is 32.2. The van der Waals surface area contributed by atoms with Crippen molar-refractivity contribution in [3.63, 3.8) is 0 Å². The zero-order valence-electron chi connectivity index (χ0n) is 16.0. The first-order valence-electron chi connectivity index (χ1n) is 9.46. The number of amides is 3. The van der Waals surface area contributed by atoms with E-state index in [0.29, 0.717) is 32.5 Å². The van der Waals surface area contributed by atoms with Gasteiger partial charge in [-0.25, -0.2) is 4.79 Å². The molecule has 3 atom stereocenters. The number of rotatable bonds is 4. The van der Waals surface area contributed by atoms with Gasteiger partial charge < -0.3 is 30.1 Å². The zero-order valence-corrected chi connectivity index (χ0v) is 16.8. The summed E-state index contributed by atoms with van der Waals surface area (Å²) < 4.78 is 5.20. The first-order chi connectivity index (χ1) is 13.7. The van der Waals surface area contributed by atoms with Gasteiger partial charge in [-0.3, -0.25) is 9.59 Å². The number of carbonyl (C=O) groups excluding carboxylic acids is 3. The molecule has 0 saturated carbocycles. The highest BCUT2D eigenvalue weighted by molar-refractivity contribution is 8.01. The average molecular weight is 421 g/mol.